The Kier molecular flexibility index (Phi) is 4.72. The number of fused-ring (bicyclic) bond motifs is 1. The molecule has 0 aliphatic rings. The molecule has 0 atom stereocenters. The minimum atomic E-state index is 0.650. The first-order valence-corrected chi connectivity index (χ1v) is 6.97. The van der Waals surface area contributed by atoms with Gasteiger partial charge in [-0.25, -0.2) is 4.98 Å². The van der Waals surface area contributed by atoms with Crippen molar-refractivity contribution in [1.29, 1.82) is 0 Å². The van der Waals surface area contributed by atoms with Crippen LogP contribution in [0.3, 0.4) is 0 Å². The minimum Gasteiger partial charge on any atom is -0.382 e. The molecular formula is C12H18N4OS. The van der Waals surface area contributed by atoms with Crippen LogP contribution in [-0.2, 0) is 4.74 Å². The number of hydrogen-bond acceptors (Lipinski definition) is 6. The number of ether oxygens (including phenoxy) is 1. The van der Waals surface area contributed by atoms with Gasteiger partial charge >= 0.3 is 0 Å². The Hall–Kier alpha value is -1.40. The molecule has 0 amide bonds. The average molecular weight is 266 g/mol. The first-order valence-electron chi connectivity index (χ1n) is 6.09. The Morgan fingerprint density at radius 2 is 2.28 bits per heavy atom. The maximum absolute atomic E-state index is 5.31. The number of rotatable bonds is 7. The van der Waals surface area contributed by atoms with E-state index >= 15 is 0 Å². The van der Waals surface area contributed by atoms with Crippen molar-refractivity contribution in [3.05, 3.63) is 11.4 Å². The van der Waals surface area contributed by atoms with E-state index in [1.807, 2.05) is 25.4 Å². The van der Waals surface area contributed by atoms with Crippen LogP contribution in [-0.4, -0.2) is 36.8 Å². The van der Waals surface area contributed by atoms with Crippen LogP contribution in [0.2, 0.25) is 0 Å². The van der Waals surface area contributed by atoms with E-state index in [1.54, 1.807) is 11.3 Å². The lowest BCUT2D eigenvalue weighted by atomic mass is 10.3. The van der Waals surface area contributed by atoms with Crippen LogP contribution in [0.1, 0.15) is 13.3 Å². The van der Waals surface area contributed by atoms with Gasteiger partial charge in [-0.15, -0.1) is 11.3 Å². The van der Waals surface area contributed by atoms with E-state index in [2.05, 4.69) is 20.6 Å². The highest BCUT2D eigenvalue weighted by molar-refractivity contribution is 7.16. The molecule has 2 heterocycles. The lowest BCUT2D eigenvalue weighted by Crippen LogP contribution is -2.08. The summed E-state index contributed by atoms with van der Waals surface area (Å²) in [6.45, 7) is 4.41. The van der Waals surface area contributed by atoms with Crippen LogP contribution in [0.15, 0.2) is 11.4 Å². The summed E-state index contributed by atoms with van der Waals surface area (Å²) in [6, 6.07) is 2.05. The van der Waals surface area contributed by atoms with Gasteiger partial charge in [-0.2, -0.15) is 4.98 Å². The number of anilines is 2. The van der Waals surface area contributed by atoms with Gasteiger partial charge in [0, 0.05) is 26.8 Å². The van der Waals surface area contributed by atoms with Crippen molar-refractivity contribution in [2.24, 2.45) is 0 Å². The highest BCUT2D eigenvalue weighted by Crippen LogP contribution is 2.26. The zero-order chi connectivity index (χ0) is 12.8. The molecule has 98 valence electrons. The number of nitrogens with zero attached hydrogens (tertiary/aromatic N) is 2. The van der Waals surface area contributed by atoms with Gasteiger partial charge in [0.25, 0.3) is 0 Å². The molecule has 0 saturated carbocycles. The first-order chi connectivity index (χ1) is 8.85. The average Bonchev–Trinajstić information content (AvgIpc) is 2.86. The van der Waals surface area contributed by atoms with Crippen molar-refractivity contribution in [1.82, 2.24) is 9.97 Å². The van der Waals surface area contributed by atoms with Gasteiger partial charge < -0.3 is 15.4 Å². The Labute approximate surface area is 111 Å². The van der Waals surface area contributed by atoms with Crippen LogP contribution in [0, 0.1) is 0 Å². The fourth-order valence-corrected chi connectivity index (χ4v) is 2.39. The highest BCUT2D eigenvalue weighted by Gasteiger charge is 2.07. The standard InChI is InChI=1S/C12H18N4OS/c1-3-17-7-4-6-14-10-9-5-8-18-11(9)16-12(13-2)15-10/h5,8H,3-4,6-7H2,1-2H3,(H2,13,14,15,16). The van der Waals surface area contributed by atoms with E-state index in [0.29, 0.717) is 5.95 Å². The van der Waals surface area contributed by atoms with Gasteiger partial charge in [0.15, 0.2) is 0 Å². The molecule has 2 aromatic rings. The normalized spacial score (nSPS) is 10.8. The quantitative estimate of drug-likeness (QED) is 0.754. The number of nitrogens with one attached hydrogen (secondary N) is 2. The summed E-state index contributed by atoms with van der Waals surface area (Å²) >= 11 is 1.62. The van der Waals surface area contributed by atoms with Gasteiger partial charge in [-0.1, -0.05) is 0 Å². The molecule has 0 aliphatic heterocycles. The lowest BCUT2D eigenvalue weighted by Gasteiger charge is -2.08. The van der Waals surface area contributed by atoms with Crippen molar-refractivity contribution < 1.29 is 4.74 Å². The first kappa shape index (κ1) is 13.0. The highest BCUT2D eigenvalue weighted by atomic mass is 32.1. The van der Waals surface area contributed by atoms with Crippen molar-refractivity contribution in [3.63, 3.8) is 0 Å². The van der Waals surface area contributed by atoms with Crippen LogP contribution >= 0.6 is 11.3 Å². The topological polar surface area (TPSA) is 59.1 Å². The van der Waals surface area contributed by atoms with Crippen molar-refractivity contribution in [2.45, 2.75) is 13.3 Å². The second-order valence-electron chi connectivity index (χ2n) is 3.76. The SMILES string of the molecule is CCOCCCNc1nc(NC)nc2sccc12. The summed E-state index contributed by atoms with van der Waals surface area (Å²) < 4.78 is 5.31. The van der Waals surface area contributed by atoms with E-state index in [-0.39, 0.29) is 0 Å². The van der Waals surface area contributed by atoms with Crippen LogP contribution < -0.4 is 10.6 Å². The van der Waals surface area contributed by atoms with Crippen LogP contribution in [0.25, 0.3) is 10.2 Å². The maximum atomic E-state index is 5.31. The fraction of sp³-hybridized carbons (Fsp3) is 0.500. The van der Waals surface area contributed by atoms with E-state index in [4.69, 9.17) is 4.74 Å². The second kappa shape index (κ2) is 6.51. The van der Waals surface area contributed by atoms with Crippen molar-refractivity contribution in [3.8, 4) is 0 Å². The summed E-state index contributed by atoms with van der Waals surface area (Å²) in [5.41, 5.74) is 0. The molecular weight excluding hydrogens is 248 g/mol. The summed E-state index contributed by atoms with van der Waals surface area (Å²) in [4.78, 5) is 9.85. The zero-order valence-electron chi connectivity index (χ0n) is 10.7. The van der Waals surface area contributed by atoms with E-state index in [1.165, 1.54) is 0 Å². The second-order valence-corrected chi connectivity index (χ2v) is 4.66. The third-order valence-electron chi connectivity index (χ3n) is 2.51. The van der Waals surface area contributed by atoms with E-state index < -0.39 is 0 Å². The molecule has 18 heavy (non-hydrogen) atoms. The Morgan fingerprint density at radius 3 is 3.06 bits per heavy atom. The molecule has 0 spiro atoms. The Balaban J connectivity index is 2.04. The molecule has 2 aromatic heterocycles. The molecule has 0 unspecified atom stereocenters. The van der Waals surface area contributed by atoms with Crippen LogP contribution in [0.4, 0.5) is 11.8 Å². The summed E-state index contributed by atoms with van der Waals surface area (Å²) in [7, 11) is 1.83. The molecule has 0 saturated heterocycles. The molecule has 0 aliphatic carbocycles. The predicted octanol–water partition coefficient (Wildman–Crippen LogP) is 2.57. The fourth-order valence-electron chi connectivity index (χ4n) is 1.63. The smallest absolute Gasteiger partial charge is 0.225 e. The number of thiophene rings is 1. The van der Waals surface area contributed by atoms with E-state index in [0.717, 1.165) is 42.2 Å². The van der Waals surface area contributed by atoms with Gasteiger partial charge in [0.2, 0.25) is 5.95 Å². The molecule has 5 nitrogen and oxygen atoms in total. The summed E-state index contributed by atoms with van der Waals surface area (Å²) in [6.07, 6.45) is 0.971. The molecule has 0 radical (unpaired) electrons. The zero-order valence-corrected chi connectivity index (χ0v) is 11.5. The Bertz CT molecular complexity index is 500. The molecule has 0 aromatic carbocycles. The predicted molar refractivity (Wildman–Crippen MR) is 76.6 cm³/mol. The van der Waals surface area contributed by atoms with Gasteiger partial charge in [0.1, 0.15) is 10.6 Å². The van der Waals surface area contributed by atoms with Crippen molar-refractivity contribution >= 4 is 33.3 Å². The monoisotopic (exact) mass is 266 g/mol. The molecule has 0 fully saturated rings. The lowest BCUT2D eigenvalue weighted by molar-refractivity contribution is 0.147. The van der Waals surface area contributed by atoms with E-state index in [9.17, 15) is 0 Å². The Morgan fingerprint density at radius 1 is 1.39 bits per heavy atom. The molecule has 0 bridgehead atoms. The van der Waals surface area contributed by atoms with Gasteiger partial charge in [0.05, 0.1) is 5.39 Å². The van der Waals surface area contributed by atoms with Gasteiger partial charge in [-0.3, -0.25) is 0 Å². The van der Waals surface area contributed by atoms with Crippen LogP contribution in [0.5, 0.6) is 0 Å². The molecule has 2 N–H and O–H groups in total. The largest absolute Gasteiger partial charge is 0.382 e. The van der Waals surface area contributed by atoms with Gasteiger partial charge in [-0.05, 0) is 24.8 Å². The maximum Gasteiger partial charge on any atom is 0.225 e. The molecule has 6 heteroatoms. The third-order valence-corrected chi connectivity index (χ3v) is 3.32. The third kappa shape index (κ3) is 3.08. The summed E-state index contributed by atoms with van der Waals surface area (Å²) in [5, 5.41) is 9.43. The molecule has 2 rings (SSSR count). The number of aromatic nitrogens is 2. The van der Waals surface area contributed by atoms with Crippen molar-refractivity contribution in [2.75, 3.05) is 37.4 Å². The minimum absolute atomic E-state index is 0.650. The summed E-state index contributed by atoms with van der Waals surface area (Å²) in [5.74, 6) is 1.54. The number of hydrogen-bond donors (Lipinski definition) is 2.